The van der Waals surface area contributed by atoms with Crippen molar-refractivity contribution in [3.05, 3.63) is 34.2 Å². The number of rotatable bonds is 4. The largest absolute Gasteiger partial charge is 0.334 e. The van der Waals surface area contributed by atoms with Gasteiger partial charge in [-0.2, -0.15) is 0 Å². The summed E-state index contributed by atoms with van der Waals surface area (Å²) in [7, 11) is -3.04. The molecule has 2 aromatic rings. The van der Waals surface area contributed by atoms with Crippen LogP contribution < -0.4 is 11.0 Å². The molecule has 8 nitrogen and oxygen atoms in total. The quantitative estimate of drug-likeness (QED) is 0.743. The minimum atomic E-state index is -3.04. The Bertz CT molecular complexity index is 931. The van der Waals surface area contributed by atoms with Crippen molar-refractivity contribution >= 4 is 26.9 Å². The number of sulfone groups is 1. The van der Waals surface area contributed by atoms with Crippen molar-refractivity contribution in [1.82, 2.24) is 20.2 Å². The molecular weight excluding hydrogens is 344 g/mol. The molecule has 0 bridgehead atoms. The van der Waals surface area contributed by atoms with Crippen LogP contribution >= 0.6 is 0 Å². The molecular formula is C16H22N4O4S. The van der Waals surface area contributed by atoms with Gasteiger partial charge in [0.25, 0.3) is 0 Å². The van der Waals surface area contributed by atoms with Gasteiger partial charge in [-0.15, -0.1) is 0 Å². The maximum atomic E-state index is 12.4. The Labute approximate surface area is 145 Å². The highest BCUT2D eigenvalue weighted by Gasteiger charge is 2.25. The Balaban J connectivity index is 1.58. The Hall–Kier alpha value is -2.29. The molecule has 3 rings (SSSR count). The van der Waals surface area contributed by atoms with Gasteiger partial charge in [0.2, 0.25) is 0 Å². The van der Waals surface area contributed by atoms with Crippen LogP contribution in [0.2, 0.25) is 0 Å². The van der Waals surface area contributed by atoms with E-state index in [1.54, 1.807) is 11.0 Å². The fraction of sp³-hybridized carbons (Fsp3) is 0.500. The van der Waals surface area contributed by atoms with E-state index in [0.717, 1.165) is 23.9 Å². The number of nitrogens with one attached hydrogen (secondary N) is 3. The van der Waals surface area contributed by atoms with E-state index in [2.05, 4.69) is 15.3 Å². The number of aromatic nitrogens is 2. The number of likely N-dealkylation sites (tertiary alicyclic amines) is 1. The highest BCUT2D eigenvalue weighted by molar-refractivity contribution is 7.90. The monoisotopic (exact) mass is 366 g/mol. The zero-order valence-corrected chi connectivity index (χ0v) is 14.9. The molecule has 0 unspecified atom stereocenters. The topological polar surface area (TPSA) is 115 Å². The second-order valence-corrected chi connectivity index (χ2v) is 8.85. The SMILES string of the molecule is CS(=O)(=O)C[C@@H]1CCCN(C(=O)NCc2ccc3[nH]c(=O)[nH]c3c2)C1. The van der Waals surface area contributed by atoms with Crippen LogP contribution in [0.25, 0.3) is 11.0 Å². The molecule has 0 radical (unpaired) electrons. The molecule has 0 saturated carbocycles. The number of piperidine rings is 1. The van der Waals surface area contributed by atoms with E-state index in [-0.39, 0.29) is 23.4 Å². The predicted molar refractivity (Wildman–Crippen MR) is 95.2 cm³/mol. The van der Waals surface area contributed by atoms with E-state index in [9.17, 15) is 18.0 Å². The Morgan fingerprint density at radius 1 is 1.32 bits per heavy atom. The third-order valence-electron chi connectivity index (χ3n) is 4.37. The molecule has 9 heteroatoms. The molecule has 1 atom stereocenters. The maximum absolute atomic E-state index is 12.4. The van der Waals surface area contributed by atoms with Gasteiger partial charge in [-0.05, 0) is 36.5 Å². The highest BCUT2D eigenvalue weighted by atomic mass is 32.2. The smallest absolute Gasteiger partial charge is 0.323 e. The minimum Gasteiger partial charge on any atom is -0.334 e. The van der Waals surface area contributed by atoms with Crippen molar-refractivity contribution < 1.29 is 13.2 Å². The van der Waals surface area contributed by atoms with E-state index in [4.69, 9.17) is 0 Å². The number of nitrogens with zero attached hydrogens (tertiary/aromatic N) is 1. The molecule has 2 amide bonds. The van der Waals surface area contributed by atoms with E-state index in [1.807, 2.05) is 12.1 Å². The number of fused-ring (bicyclic) bond motifs is 1. The van der Waals surface area contributed by atoms with Gasteiger partial charge < -0.3 is 20.2 Å². The third kappa shape index (κ3) is 4.62. The van der Waals surface area contributed by atoms with E-state index in [1.165, 1.54) is 6.26 Å². The zero-order chi connectivity index (χ0) is 18.0. The van der Waals surface area contributed by atoms with Gasteiger partial charge in [-0.1, -0.05) is 6.07 Å². The minimum absolute atomic E-state index is 0.00391. The summed E-state index contributed by atoms with van der Waals surface area (Å²) < 4.78 is 22.9. The molecule has 1 aliphatic heterocycles. The fourth-order valence-electron chi connectivity index (χ4n) is 3.29. The molecule has 1 saturated heterocycles. The van der Waals surface area contributed by atoms with Gasteiger partial charge in [-0.3, -0.25) is 0 Å². The summed E-state index contributed by atoms with van der Waals surface area (Å²) in [5.41, 5.74) is 2.03. The normalized spacial score (nSPS) is 18.4. The number of amides is 2. The van der Waals surface area contributed by atoms with Crippen molar-refractivity contribution in [2.24, 2.45) is 5.92 Å². The second kappa shape index (κ2) is 6.91. The van der Waals surface area contributed by atoms with Gasteiger partial charge >= 0.3 is 11.7 Å². The number of carbonyl (C=O) groups excluding carboxylic acids is 1. The van der Waals surface area contributed by atoms with Gasteiger partial charge in [0.05, 0.1) is 16.8 Å². The van der Waals surface area contributed by atoms with Crippen LogP contribution in [0, 0.1) is 5.92 Å². The lowest BCUT2D eigenvalue weighted by atomic mass is 10.0. The van der Waals surface area contributed by atoms with E-state index >= 15 is 0 Å². The number of urea groups is 1. The van der Waals surface area contributed by atoms with Crippen molar-refractivity contribution in [2.75, 3.05) is 25.1 Å². The van der Waals surface area contributed by atoms with Crippen LogP contribution in [0.15, 0.2) is 23.0 Å². The summed E-state index contributed by atoms with van der Waals surface area (Å²) in [5, 5.41) is 2.86. The van der Waals surface area contributed by atoms with Gasteiger partial charge in [0, 0.05) is 25.9 Å². The number of hydrogen-bond donors (Lipinski definition) is 3. The van der Waals surface area contributed by atoms with Crippen LogP contribution in [0.3, 0.4) is 0 Å². The lowest BCUT2D eigenvalue weighted by Crippen LogP contribution is -2.46. The molecule has 3 N–H and O–H groups in total. The lowest BCUT2D eigenvalue weighted by molar-refractivity contribution is 0.170. The third-order valence-corrected chi connectivity index (χ3v) is 5.45. The van der Waals surface area contributed by atoms with Crippen LogP contribution in [0.4, 0.5) is 4.79 Å². The first kappa shape index (κ1) is 17.5. The first-order valence-corrected chi connectivity index (χ1v) is 10.3. The fourth-order valence-corrected chi connectivity index (χ4v) is 4.42. The van der Waals surface area contributed by atoms with E-state index < -0.39 is 9.84 Å². The Kier molecular flexibility index (Phi) is 4.85. The first-order chi connectivity index (χ1) is 11.8. The van der Waals surface area contributed by atoms with Crippen molar-refractivity contribution in [3.63, 3.8) is 0 Å². The molecule has 1 aromatic heterocycles. The molecule has 136 valence electrons. The molecule has 0 aliphatic carbocycles. The molecule has 1 aromatic carbocycles. The standard InChI is InChI=1S/C16H22N4O4S/c1-25(23,24)10-12-3-2-6-20(9-12)16(22)17-8-11-4-5-13-14(7-11)19-15(21)18-13/h4-5,7,12H,2-3,6,8-10H2,1H3,(H,17,22)(H2,18,19,21)/t12-/m1/s1. The predicted octanol–water partition coefficient (Wildman–Crippen LogP) is 0.822. The second-order valence-electron chi connectivity index (χ2n) is 6.66. The van der Waals surface area contributed by atoms with Crippen molar-refractivity contribution in [2.45, 2.75) is 19.4 Å². The summed E-state index contributed by atoms with van der Waals surface area (Å²) in [5.74, 6) is 0.115. The van der Waals surface area contributed by atoms with Crippen LogP contribution in [0.1, 0.15) is 18.4 Å². The van der Waals surface area contributed by atoms with Gasteiger partial charge in [0.15, 0.2) is 0 Å². The van der Waals surface area contributed by atoms with Crippen LogP contribution in [0.5, 0.6) is 0 Å². The van der Waals surface area contributed by atoms with Crippen molar-refractivity contribution in [1.29, 1.82) is 0 Å². The average Bonchev–Trinajstić information content (AvgIpc) is 2.90. The zero-order valence-electron chi connectivity index (χ0n) is 14.0. The Morgan fingerprint density at radius 2 is 2.08 bits per heavy atom. The lowest BCUT2D eigenvalue weighted by Gasteiger charge is -2.32. The van der Waals surface area contributed by atoms with Crippen molar-refractivity contribution in [3.8, 4) is 0 Å². The number of aromatic amines is 2. The molecule has 2 heterocycles. The summed E-state index contributed by atoms with van der Waals surface area (Å²) in [6, 6.07) is 5.25. The average molecular weight is 366 g/mol. The van der Waals surface area contributed by atoms with Gasteiger partial charge in [0.1, 0.15) is 9.84 Å². The van der Waals surface area contributed by atoms with Crippen LogP contribution in [-0.2, 0) is 16.4 Å². The number of imidazole rings is 1. The summed E-state index contributed by atoms with van der Waals surface area (Å²) in [6.07, 6.45) is 2.87. The number of benzene rings is 1. The number of H-pyrrole nitrogens is 2. The number of carbonyl (C=O) groups is 1. The molecule has 1 fully saturated rings. The van der Waals surface area contributed by atoms with Crippen LogP contribution in [-0.4, -0.2) is 54.4 Å². The molecule has 0 spiro atoms. The maximum Gasteiger partial charge on any atom is 0.323 e. The first-order valence-electron chi connectivity index (χ1n) is 8.21. The summed E-state index contributed by atoms with van der Waals surface area (Å²) in [4.78, 5) is 30.7. The summed E-state index contributed by atoms with van der Waals surface area (Å²) >= 11 is 0. The summed E-state index contributed by atoms with van der Waals surface area (Å²) in [6.45, 7) is 1.44. The highest BCUT2D eigenvalue weighted by Crippen LogP contribution is 2.18. The molecule has 1 aliphatic rings. The van der Waals surface area contributed by atoms with E-state index in [0.29, 0.717) is 25.2 Å². The molecule has 25 heavy (non-hydrogen) atoms. The number of hydrogen-bond acceptors (Lipinski definition) is 4. The van der Waals surface area contributed by atoms with Gasteiger partial charge in [-0.25, -0.2) is 18.0 Å². The Morgan fingerprint density at radius 3 is 2.84 bits per heavy atom.